The molecule has 0 bridgehead atoms. The number of para-hydroxylation sites is 1. The molecular formula is C16H12N4O. The van der Waals surface area contributed by atoms with Crippen LogP contribution in [0.3, 0.4) is 0 Å². The molecule has 0 unspecified atom stereocenters. The monoisotopic (exact) mass is 276 g/mol. The van der Waals surface area contributed by atoms with E-state index in [4.69, 9.17) is 5.73 Å². The topological polar surface area (TPSA) is 61.9 Å². The fourth-order valence-corrected chi connectivity index (χ4v) is 2.52. The summed E-state index contributed by atoms with van der Waals surface area (Å²) in [5.74, 6) is 0.358. The van der Waals surface area contributed by atoms with Gasteiger partial charge in [-0.2, -0.15) is 0 Å². The Morgan fingerprint density at radius 2 is 1.95 bits per heavy atom. The van der Waals surface area contributed by atoms with Gasteiger partial charge in [-0.05, 0) is 18.2 Å². The first-order valence-electron chi connectivity index (χ1n) is 6.56. The summed E-state index contributed by atoms with van der Waals surface area (Å²) >= 11 is 0. The SMILES string of the molecule is NC(=O)C1=CN2C=C3N=Cc4ccccc4N3C=C2C=C1. The van der Waals surface area contributed by atoms with Crippen molar-refractivity contribution < 1.29 is 4.79 Å². The molecule has 0 aliphatic carbocycles. The van der Waals surface area contributed by atoms with Gasteiger partial charge in [0.25, 0.3) is 0 Å². The van der Waals surface area contributed by atoms with Crippen molar-refractivity contribution in [2.75, 3.05) is 4.90 Å². The minimum Gasteiger partial charge on any atom is -0.366 e. The highest BCUT2D eigenvalue weighted by Crippen LogP contribution is 2.33. The molecule has 2 N–H and O–H groups in total. The van der Waals surface area contributed by atoms with E-state index in [0.717, 1.165) is 22.8 Å². The molecule has 5 nitrogen and oxygen atoms in total. The minimum absolute atomic E-state index is 0.441. The van der Waals surface area contributed by atoms with Gasteiger partial charge in [-0.3, -0.25) is 9.69 Å². The number of carbonyl (C=O) groups excluding carboxylic acids is 1. The predicted octanol–water partition coefficient (Wildman–Crippen LogP) is 1.82. The number of benzene rings is 1. The van der Waals surface area contributed by atoms with Gasteiger partial charge in [0.05, 0.1) is 23.2 Å². The standard InChI is InChI=1S/C16H12N4O/c17-16(21)12-5-6-13-9-20-14-4-2-1-3-11(14)7-18-15(20)10-19(13)8-12/h1-10H,(H2,17,21). The third kappa shape index (κ3) is 1.79. The van der Waals surface area contributed by atoms with E-state index in [-0.39, 0.29) is 0 Å². The average Bonchev–Trinajstić information content (AvgIpc) is 2.52. The lowest BCUT2D eigenvalue weighted by Crippen LogP contribution is -2.29. The van der Waals surface area contributed by atoms with Crippen LogP contribution in [0.4, 0.5) is 5.69 Å². The number of nitrogens with zero attached hydrogens (tertiary/aromatic N) is 3. The molecule has 0 fully saturated rings. The van der Waals surface area contributed by atoms with E-state index in [0.29, 0.717) is 5.57 Å². The number of hydrogen-bond donors (Lipinski definition) is 1. The van der Waals surface area contributed by atoms with Crippen LogP contribution < -0.4 is 10.6 Å². The normalized spacial score (nSPS) is 18.2. The van der Waals surface area contributed by atoms with Crippen LogP contribution in [-0.4, -0.2) is 17.0 Å². The van der Waals surface area contributed by atoms with Gasteiger partial charge in [-0.1, -0.05) is 18.2 Å². The fraction of sp³-hybridized carbons (Fsp3) is 0. The van der Waals surface area contributed by atoms with Crippen LogP contribution in [-0.2, 0) is 4.79 Å². The van der Waals surface area contributed by atoms with Crippen LogP contribution in [0.2, 0.25) is 0 Å². The number of anilines is 1. The molecule has 0 spiro atoms. The first kappa shape index (κ1) is 11.7. The van der Waals surface area contributed by atoms with Crippen molar-refractivity contribution in [3.8, 4) is 0 Å². The zero-order chi connectivity index (χ0) is 14.4. The van der Waals surface area contributed by atoms with E-state index in [1.807, 2.05) is 52.7 Å². The smallest absolute Gasteiger partial charge is 0.250 e. The molecule has 0 atom stereocenters. The molecule has 4 rings (SSSR count). The van der Waals surface area contributed by atoms with Crippen LogP contribution >= 0.6 is 0 Å². The predicted molar refractivity (Wildman–Crippen MR) is 80.9 cm³/mol. The van der Waals surface area contributed by atoms with Gasteiger partial charge in [0.15, 0.2) is 5.82 Å². The third-order valence-electron chi connectivity index (χ3n) is 3.59. The summed E-state index contributed by atoms with van der Waals surface area (Å²) in [6.07, 6.45) is 11.0. The van der Waals surface area contributed by atoms with Gasteiger partial charge in [0, 0.05) is 24.2 Å². The summed E-state index contributed by atoms with van der Waals surface area (Å²) in [5, 5.41) is 0. The van der Waals surface area contributed by atoms with Crippen molar-refractivity contribution in [3.05, 3.63) is 77.7 Å². The van der Waals surface area contributed by atoms with Crippen molar-refractivity contribution in [1.82, 2.24) is 4.90 Å². The maximum Gasteiger partial charge on any atom is 0.250 e. The van der Waals surface area contributed by atoms with Crippen LogP contribution in [0.25, 0.3) is 0 Å². The van der Waals surface area contributed by atoms with Crippen LogP contribution in [0, 0.1) is 0 Å². The molecule has 102 valence electrons. The Bertz CT molecular complexity index is 798. The van der Waals surface area contributed by atoms with Gasteiger partial charge in [-0.15, -0.1) is 0 Å². The second kappa shape index (κ2) is 4.21. The van der Waals surface area contributed by atoms with E-state index in [9.17, 15) is 4.79 Å². The maximum atomic E-state index is 11.3. The summed E-state index contributed by atoms with van der Waals surface area (Å²) in [6.45, 7) is 0. The molecule has 5 heteroatoms. The number of primary amides is 1. The summed E-state index contributed by atoms with van der Waals surface area (Å²) in [4.78, 5) is 19.6. The molecule has 21 heavy (non-hydrogen) atoms. The number of rotatable bonds is 1. The lowest BCUT2D eigenvalue weighted by Gasteiger charge is -2.34. The Balaban J connectivity index is 1.79. The number of nitrogens with two attached hydrogens (primary N) is 1. The number of aliphatic imine (C=N–C) groups is 1. The zero-order valence-electron chi connectivity index (χ0n) is 11.1. The zero-order valence-corrected chi connectivity index (χ0v) is 11.1. The lowest BCUT2D eigenvalue weighted by molar-refractivity contribution is -0.114. The second-order valence-corrected chi connectivity index (χ2v) is 4.92. The second-order valence-electron chi connectivity index (χ2n) is 4.92. The van der Waals surface area contributed by atoms with E-state index in [2.05, 4.69) is 11.1 Å². The molecule has 3 heterocycles. The highest BCUT2D eigenvalue weighted by atomic mass is 16.1. The Labute approximate surface area is 121 Å². The Morgan fingerprint density at radius 1 is 1.10 bits per heavy atom. The van der Waals surface area contributed by atoms with Crippen LogP contribution in [0.5, 0.6) is 0 Å². The molecule has 0 saturated heterocycles. The molecule has 3 aliphatic heterocycles. The summed E-state index contributed by atoms with van der Waals surface area (Å²) in [6, 6.07) is 8.08. The van der Waals surface area contributed by atoms with Gasteiger partial charge in [0.1, 0.15) is 0 Å². The van der Waals surface area contributed by atoms with E-state index in [1.165, 1.54) is 0 Å². The van der Waals surface area contributed by atoms with Crippen molar-refractivity contribution >= 4 is 17.8 Å². The Kier molecular flexibility index (Phi) is 2.35. The molecule has 1 aromatic rings. The fourth-order valence-electron chi connectivity index (χ4n) is 2.52. The third-order valence-corrected chi connectivity index (χ3v) is 3.59. The van der Waals surface area contributed by atoms with Gasteiger partial charge in [0.2, 0.25) is 5.91 Å². The molecule has 1 aromatic carbocycles. The number of hydrogen-bond acceptors (Lipinski definition) is 4. The summed E-state index contributed by atoms with van der Waals surface area (Å²) in [5.41, 5.74) is 8.91. The quantitative estimate of drug-likeness (QED) is 0.851. The number of carbonyl (C=O) groups is 1. The number of allylic oxidation sites excluding steroid dienone is 1. The van der Waals surface area contributed by atoms with E-state index < -0.39 is 5.91 Å². The lowest BCUT2D eigenvalue weighted by atomic mass is 10.1. The van der Waals surface area contributed by atoms with Crippen LogP contribution in [0.15, 0.2) is 77.1 Å². The Hall–Kier alpha value is -3.08. The minimum atomic E-state index is -0.441. The van der Waals surface area contributed by atoms with Crippen molar-refractivity contribution in [3.63, 3.8) is 0 Å². The average molecular weight is 276 g/mol. The Morgan fingerprint density at radius 3 is 2.81 bits per heavy atom. The van der Waals surface area contributed by atoms with Gasteiger partial charge in [-0.25, -0.2) is 4.99 Å². The van der Waals surface area contributed by atoms with Crippen LogP contribution in [0.1, 0.15) is 5.56 Å². The number of amides is 1. The number of fused-ring (bicyclic) bond motifs is 4. The van der Waals surface area contributed by atoms with Crippen molar-refractivity contribution in [2.24, 2.45) is 10.7 Å². The molecule has 0 saturated carbocycles. The van der Waals surface area contributed by atoms with E-state index in [1.54, 1.807) is 12.3 Å². The van der Waals surface area contributed by atoms with E-state index >= 15 is 0 Å². The largest absolute Gasteiger partial charge is 0.366 e. The molecular weight excluding hydrogens is 264 g/mol. The van der Waals surface area contributed by atoms with Crippen molar-refractivity contribution in [2.45, 2.75) is 0 Å². The molecule has 0 aromatic heterocycles. The highest BCUT2D eigenvalue weighted by Gasteiger charge is 2.24. The highest BCUT2D eigenvalue weighted by molar-refractivity contribution is 5.95. The first-order valence-corrected chi connectivity index (χ1v) is 6.56. The van der Waals surface area contributed by atoms with Gasteiger partial charge < -0.3 is 10.6 Å². The maximum absolute atomic E-state index is 11.3. The first-order chi connectivity index (χ1) is 10.2. The molecule has 3 aliphatic rings. The summed E-state index contributed by atoms with van der Waals surface area (Å²) < 4.78 is 0. The van der Waals surface area contributed by atoms with Crippen molar-refractivity contribution in [1.29, 1.82) is 0 Å². The molecule has 1 amide bonds. The molecule has 0 radical (unpaired) electrons. The summed E-state index contributed by atoms with van der Waals surface area (Å²) in [7, 11) is 0. The van der Waals surface area contributed by atoms with Gasteiger partial charge >= 0.3 is 0 Å².